The first-order valence-corrected chi connectivity index (χ1v) is 14.4. The smallest absolute Gasteiger partial charge is 0.186 e. The molecule has 0 spiro atoms. The molecule has 0 bridgehead atoms. The van der Waals surface area contributed by atoms with E-state index in [-0.39, 0.29) is 0 Å². The van der Waals surface area contributed by atoms with Gasteiger partial charge in [0.2, 0.25) is 0 Å². The minimum absolute atomic E-state index is 1.12. The first-order chi connectivity index (χ1) is 12.3. The van der Waals surface area contributed by atoms with Crippen molar-refractivity contribution in [1.29, 1.82) is 0 Å². The van der Waals surface area contributed by atoms with Crippen LogP contribution >= 0.6 is 0 Å². The number of rotatable bonds is 15. The van der Waals surface area contributed by atoms with Gasteiger partial charge in [-0.05, 0) is 19.1 Å². The fourth-order valence-corrected chi connectivity index (χ4v) is 5.67. The molecule has 4 heteroatoms. The van der Waals surface area contributed by atoms with Crippen molar-refractivity contribution >= 4 is 14.2 Å². The molecule has 0 aromatic carbocycles. The van der Waals surface area contributed by atoms with Gasteiger partial charge in [0.1, 0.15) is 0 Å². The van der Waals surface area contributed by atoms with E-state index in [0.29, 0.717) is 0 Å². The van der Waals surface area contributed by atoms with Crippen molar-refractivity contribution in [3.8, 4) is 0 Å². The topological polar surface area (TPSA) is 18.8 Å². The molecule has 0 N–H and O–H groups in total. The molecule has 0 unspecified atom stereocenters. The molecule has 0 fully saturated rings. The summed E-state index contributed by atoms with van der Waals surface area (Å²) in [6.07, 6.45) is 18.6. The van der Waals surface area contributed by atoms with Crippen LogP contribution in [0.25, 0.3) is 0 Å². The van der Waals surface area contributed by atoms with Crippen LogP contribution in [0.2, 0.25) is 19.1 Å². The number of guanidine groups is 1. The van der Waals surface area contributed by atoms with Gasteiger partial charge >= 0.3 is 0 Å². The fourth-order valence-electron chi connectivity index (χ4n) is 3.50. The molecule has 26 heavy (non-hydrogen) atoms. The average Bonchev–Trinajstić information content (AvgIpc) is 2.56. The van der Waals surface area contributed by atoms with E-state index < -0.39 is 8.24 Å². The molecule has 0 aliphatic rings. The van der Waals surface area contributed by atoms with Gasteiger partial charge in [-0.15, -0.1) is 0 Å². The van der Waals surface area contributed by atoms with Crippen molar-refractivity contribution in [2.75, 3.05) is 28.2 Å². The quantitative estimate of drug-likeness (QED) is 0.135. The number of hydrogen-bond acceptors (Lipinski definition) is 1. The van der Waals surface area contributed by atoms with E-state index in [2.05, 4.69) is 58.0 Å². The van der Waals surface area contributed by atoms with Crippen LogP contribution in [0.3, 0.4) is 0 Å². The molecule has 0 saturated carbocycles. The summed E-state index contributed by atoms with van der Waals surface area (Å²) in [5.41, 5.74) is 0. The van der Waals surface area contributed by atoms with Crippen LogP contribution in [0.15, 0.2) is 4.66 Å². The van der Waals surface area contributed by atoms with Crippen molar-refractivity contribution in [2.24, 2.45) is 4.66 Å². The molecule has 3 nitrogen and oxygen atoms in total. The summed E-state index contributed by atoms with van der Waals surface area (Å²) >= 11 is 0. The van der Waals surface area contributed by atoms with E-state index in [1.807, 2.05) is 0 Å². The highest BCUT2D eigenvalue weighted by Gasteiger charge is 2.22. The molecule has 0 saturated heterocycles. The minimum atomic E-state index is -1.49. The Balaban J connectivity index is 3.66. The molecular weight excluding hydrogens is 334 g/mol. The maximum Gasteiger partial charge on any atom is 0.186 e. The molecule has 0 aliphatic carbocycles. The van der Waals surface area contributed by atoms with Crippen molar-refractivity contribution in [2.45, 2.75) is 110 Å². The Bertz CT molecular complexity index is 341. The summed E-state index contributed by atoms with van der Waals surface area (Å²) in [4.78, 5) is 4.27. The summed E-state index contributed by atoms with van der Waals surface area (Å²) < 4.78 is 5.11. The van der Waals surface area contributed by atoms with Gasteiger partial charge in [-0.25, -0.2) is 0 Å². The third kappa shape index (κ3) is 14.6. The zero-order valence-electron chi connectivity index (χ0n) is 19.2. The van der Waals surface area contributed by atoms with Crippen molar-refractivity contribution in [3.63, 3.8) is 0 Å². The highest BCUT2D eigenvalue weighted by molar-refractivity contribution is 6.76. The van der Waals surface area contributed by atoms with E-state index >= 15 is 0 Å². The summed E-state index contributed by atoms with van der Waals surface area (Å²) in [5.74, 6) is 1.12. The van der Waals surface area contributed by atoms with E-state index in [0.717, 1.165) is 5.96 Å². The Morgan fingerprint density at radius 2 is 0.962 bits per heavy atom. The van der Waals surface area contributed by atoms with Crippen molar-refractivity contribution in [3.05, 3.63) is 0 Å². The van der Waals surface area contributed by atoms with Gasteiger partial charge in [0, 0.05) is 28.2 Å². The predicted molar refractivity (Wildman–Crippen MR) is 123 cm³/mol. The lowest BCUT2D eigenvalue weighted by Crippen LogP contribution is -2.39. The number of hydrogen-bond donors (Lipinski definition) is 0. The predicted octanol–water partition coefficient (Wildman–Crippen LogP) is 6.76. The Morgan fingerprint density at radius 3 is 1.31 bits per heavy atom. The molecule has 0 aromatic heterocycles. The fraction of sp³-hybridized carbons (Fsp3) is 0.955. The van der Waals surface area contributed by atoms with Crippen molar-refractivity contribution < 1.29 is 0 Å². The summed E-state index contributed by atoms with van der Waals surface area (Å²) in [6.45, 7) is 7.10. The molecular formula is C22H49N3Si. The summed E-state index contributed by atoms with van der Waals surface area (Å²) in [5, 5.41) is 0. The second kappa shape index (κ2) is 15.5. The number of nitrogens with zero attached hydrogens (tertiary/aromatic N) is 3. The van der Waals surface area contributed by atoms with Gasteiger partial charge in [-0.1, -0.05) is 90.4 Å². The zero-order chi connectivity index (χ0) is 19.8. The first kappa shape index (κ1) is 25.5. The van der Waals surface area contributed by atoms with Gasteiger partial charge < -0.3 is 9.80 Å². The zero-order valence-corrected chi connectivity index (χ0v) is 20.2. The Kier molecular flexibility index (Phi) is 15.2. The molecule has 0 atom stereocenters. The maximum absolute atomic E-state index is 5.11. The summed E-state index contributed by atoms with van der Waals surface area (Å²) in [6, 6.07) is 1.32. The Morgan fingerprint density at radius 1 is 0.615 bits per heavy atom. The highest BCUT2D eigenvalue weighted by Crippen LogP contribution is 2.19. The SMILES string of the molecule is CCCCCCCCCCCCCCC[Si](C)(C)N=C(N(C)C)N(C)C. The standard InChI is InChI=1S/C22H49N3Si/c1-8-9-10-11-12-13-14-15-16-17-18-19-20-21-26(6,7)23-22(24(2)3)25(4)5/h8-21H2,1-7H3. The summed E-state index contributed by atoms with van der Waals surface area (Å²) in [7, 11) is 6.88. The lowest BCUT2D eigenvalue weighted by atomic mass is 10.1. The van der Waals surface area contributed by atoms with Crippen LogP contribution in [-0.4, -0.2) is 52.2 Å². The largest absolute Gasteiger partial charge is 0.350 e. The van der Waals surface area contributed by atoms with E-state index in [9.17, 15) is 0 Å². The normalized spacial score (nSPS) is 11.5. The van der Waals surface area contributed by atoms with Crippen LogP contribution in [0.5, 0.6) is 0 Å². The van der Waals surface area contributed by atoms with Crippen LogP contribution in [0.4, 0.5) is 0 Å². The lowest BCUT2D eigenvalue weighted by Gasteiger charge is -2.27. The second-order valence-electron chi connectivity index (χ2n) is 9.01. The van der Waals surface area contributed by atoms with Gasteiger partial charge in [0.25, 0.3) is 0 Å². The van der Waals surface area contributed by atoms with Crippen LogP contribution < -0.4 is 0 Å². The first-order valence-electron chi connectivity index (χ1n) is 11.2. The third-order valence-corrected chi connectivity index (χ3v) is 7.48. The van der Waals surface area contributed by atoms with Crippen molar-refractivity contribution in [1.82, 2.24) is 9.80 Å². The molecule has 0 amide bonds. The van der Waals surface area contributed by atoms with Crippen LogP contribution in [-0.2, 0) is 0 Å². The van der Waals surface area contributed by atoms with Gasteiger partial charge in [0.05, 0.1) is 0 Å². The van der Waals surface area contributed by atoms with Gasteiger partial charge in [-0.2, -0.15) is 0 Å². The van der Waals surface area contributed by atoms with Crippen LogP contribution in [0, 0.1) is 0 Å². The molecule has 156 valence electrons. The van der Waals surface area contributed by atoms with Crippen LogP contribution in [0.1, 0.15) is 90.4 Å². The van der Waals surface area contributed by atoms with E-state index in [4.69, 9.17) is 4.66 Å². The highest BCUT2D eigenvalue weighted by atomic mass is 28.3. The Hall–Kier alpha value is -0.513. The minimum Gasteiger partial charge on any atom is -0.350 e. The van der Waals surface area contributed by atoms with Gasteiger partial charge in [-0.3, -0.25) is 4.66 Å². The van der Waals surface area contributed by atoms with E-state index in [1.165, 1.54) is 89.5 Å². The van der Waals surface area contributed by atoms with Gasteiger partial charge in [0.15, 0.2) is 14.2 Å². The second-order valence-corrected chi connectivity index (χ2v) is 13.4. The molecule has 0 aromatic rings. The molecule has 0 heterocycles. The molecule has 0 rings (SSSR count). The average molecular weight is 384 g/mol. The lowest BCUT2D eigenvalue weighted by molar-refractivity contribution is 0.485. The van der Waals surface area contributed by atoms with E-state index in [1.54, 1.807) is 0 Å². The molecule has 0 radical (unpaired) electrons. The monoisotopic (exact) mass is 383 g/mol. The Labute approximate surface area is 166 Å². The molecule has 0 aliphatic heterocycles. The maximum atomic E-state index is 5.11. The number of unbranched alkanes of at least 4 members (excludes halogenated alkanes) is 12. The third-order valence-electron chi connectivity index (χ3n) is 5.09.